The highest BCUT2D eigenvalue weighted by Gasteiger charge is 2.22. The summed E-state index contributed by atoms with van der Waals surface area (Å²) in [6.07, 6.45) is 0. The fourth-order valence-electron chi connectivity index (χ4n) is 1.91. The maximum absolute atomic E-state index is 12.5. The van der Waals surface area contributed by atoms with Gasteiger partial charge in [0.25, 0.3) is 0 Å². The van der Waals surface area contributed by atoms with Crippen LogP contribution >= 0.6 is 22.9 Å². The van der Waals surface area contributed by atoms with E-state index in [0.717, 1.165) is 10.4 Å². The van der Waals surface area contributed by atoms with E-state index in [2.05, 4.69) is 5.32 Å². The van der Waals surface area contributed by atoms with Crippen molar-refractivity contribution in [3.8, 4) is 0 Å². The molecule has 1 N–H and O–H groups in total. The van der Waals surface area contributed by atoms with Crippen molar-refractivity contribution in [1.29, 1.82) is 0 Å². The molecule has 0 saturated carbocycles. The van der Waals surface area contributed by atoms with Crippen LogP contribution < -0.4 is 5.32 Å². The predicted molar refractivity (Wildman–Crippen MR) is 87.2 cm³/mol. The highest BCUT2D eigenvalue weighted by atomic mass is 35.5. The molecule has 0 spiro atoms. The van der Waals surface area contributed by atoms with E-state index in [1.807, 2.05) is 24.6 Å². The van der Waals surface area contributed by atoms with Gasteiger partial charge in [-0.25, -0.2) is 8.42 Å². The zero-order valence-electron chi connectivity index (χ0n) is 11.8. The number of hydrogen-bond acceptors (Lipinski definition) is 4. The van der Waals surface area contributed by atoms with Gasteiger partial charge in [-0.1, -0.05) is 23.7 Å². The molecule has 2 aromatic rings. The molecular formula is C14H17ClN2O2S2. The summed E-state index contributed by atoms with van der Waals surface area (Å²) in [4.78, 5) is 1.21. The van der Waals surface area contributed by atoms with Crippen molar-refractivity contribution in [3.63, 3.8) is 0 Å². The van der Waals surface area contributed by atoms with Gasteiger partial charge in [-0.3, -0.25) is 0 Å². The highest BCUT2D eigenvalue weighted by Crippen LogP contribution is 2.24. The number of sulfonamides is 1. The standard InChI is InChI=1S/C14H17ClN2O2S2/c1-16-9-11-5-6-13(8-14(11)15)21(18,19)17(2)10-12-4-3-7-20-12/h3-8,16H,9-10H2,1-2H3. The van der Waals surface area contributed by atoms with E-state index in [4.69, 9.17) is 11.6 Å². The lowest BCUT2D eigenvalue weighted by Crippen LogP contribution is -2.26. The van der Waals surface area contributed by atoms with Crippen LogP contribution in [0.3, 0.4) is 0 Å². The molecule has 0 fully saturated rings. The number of benzene rings is 1. The molecule has 0 atom stereocenters. The van der Waals surface area contributed by atoms with Crippen molar-refractivity contribution >= 4 is 33.0 Å². The number of thiophene rings is 1. The van der Waals surface area contributed by atoms with E-state index >= 15 is 0 Å². The Morgan fingerprint density at radius 2 is 2.10 bits per heavy atom. The molecule has 21 heavy (non-hydrogen) atoms. The molecule has 0 aliphatic rings. The molecule has 7 heteroatoms. The van der Waals surface area contributed by atoms with Gasteiger partial charge in [0.1, 0.15) is 0 Å². The molecule has 1 heterocycles. The lowest BCUT2D eigenvalue weighted by Gasteiger charge is -2.17. The van der Waals surface area contributed by atoms with Gasteiger partial charge >= 0.3 is 0 Å². The van der Waals surface area contributed by atoms with Crippen molar-refractivity contribution in [2.45, 2.75) is 18.0 Å². The van der Waals surface area contributed by atoms with Gasteiger partial charge in [-0.15, -0.1) is 11.3 Å². The van der Waals surface area contributed by atoms with Crippen LogP contribution in [-0.2, 0) is 23.1 Å². The Morgan fingerprint density at radius 1 is 1.33 bits per heavy atom. The number of nitrogens with one attached hydrogen (secondary N) is 1. The minimum Gasteiger partial charge on any atom is -0.316 e. The van der Waals surface area contributed by atoms with Crippen molar-refractivity contribution < 1.29 is 8.42 Å². The molecule has 0 radical (unpaired) electrons. The van der Waals surface area contributed by atoms with Gasteiger partial charge < -0.3 is 5.32 Å². The van der Waals surface area contributed by atoms with Crippen molar-refractivity contribution in [2.75, 3.05) is 14.1 Å². The monoisotopic (exact) mass is 344 g/mol. The Labute approximate surface area is 134 Å². The molecule has 0 bridgehead atoms. The van der Waals surface area contributed by atoms with Gasteiger partial charge in [-0.2, -0.15) is 4.31 Å². The summed E-state index contributed by atoms with van der Waals surface area (Å²) in [5.41, 5.74) is 0.874. The van der Waals surface area contributed by atoms with Crippen LogP contribution in [0.1, 0.15) is 10.4 Å². The zero-order chi connectivity index (χ0) is 15.5. The summed E-state index contributed by atoms with van der Waals surface area (Å²) in [6, 6.07) is 8.67. The summed E-state index contributed by atoms with van der Waals surface area (Å²) < 4.78 is 26.4. The Bertz CT molecular complexity index is 700. The topological polar surface area (TPSA) is 49.4 Å². The van der Waals surface area contributed by atoms with Gasteiger partial charge in [-0.05, 0) is 36.2 Å². The molecular weight excluding hydrogens is 328 g/mol. The summed E-state index contributed by atoms with van der Waals surface area (Å²) >= 11 is 7.68. The van der Waals surface area contributed by atoms with E-state index in [9.17, 15) is 8.42 Å². The van der Waals surface area contributed by atoms with E-state index < -0.39 is 10.0 Å². The molecule has 2 rings (SSSR count). The first-order chi connectivity index (χ1) is 9.95. The Hall–Kier alpha value is -0.920. The Morgan fingerprint density at radius 3 is 2.67 bits per heavy atom. The highest BCUT2D eigenvalue weighted by molar-refractivity contribution is 7.89. The lowest BCUT2D eigenvalue weighted by atomic mass is 10.2. The van der Waals surface area contributed by atoms with E-state index in [-0.39, 0.29) is 4.90 Å². The first-order valence-corrected chi connectivity index (χ1v) is 9.06. The third-order valence-corrected chi connectivity index (χ3v) is 6.07. The first-order valence-electron chi connectivity index (χ1n) is 6.37. The average molecular weight is 345 g/mol. The number of hydrogen-bond donors (Lipinski definition) is 1. The van der Waals surface area contributed by atoms with E-state index in [1.54, 1.807) is 19.2 Å². The second-order valence-electron chi connectivity index (χ2n) is 4.62. The molecule has 4 nitrogen and oxygen atoms in total. The third-order valence-electron chi connectivity index (χ3n) is 3.06. The fourth-order valence-corrected chi connectivity index (χ4v) is 4.24. The maximum atomic E-state index is 12.5. The minimum atomic E-state index is -3.53. The fraction of sp³-hybridized carbons (Fsp3) is 0.286. The van der Waals surface area contributed by atoms with Crippen LogP contribution in [-0.4, -0.2) is 26.8 Å². The van der Waals surface area contributed by atoms with Crippen molar-refractivity contribution in [3.05, 3.63) is 51.2 Å². The number of rotatable bonds is 6. The SMILES string of the molecule is CNCc1ccc(S(=O)(=O)N(C)Cc2cccs2)cc1Cl. The summed E-state index contributed by atoms with van der Waals surface area (Å²) in [6.45, 7) is 0.958. The summed E-state index contributed by atoms with van der Waals surface area (Å²) in [5.74, 6) is 0. The van der Waals surface area contributed by atoms with Crippen LogP contribution in [0.25, 0.3) is 0 Å². The summed E-state index contributed by atoms with van der Waals surface area (Å²) in [5, 5.41) is 5.38. The zero-order valence-corrected chi connectivity index (χ0v) is 14.2. The largest absolute Gasteiger partial charge is 0.316 e. The Kier molecular flexibility index (Phi) is 5.40. The van der Waals surface area contributed by atoms with Gasteiger partial charge in [0, 0.05) is 30.0 Å². The number of halogens is 1. The summed E-state index contributed by atoms with van der Waals surface area (Å²) in [7, 11) is -0.145. The molecule has 0 saturated heterocycles. The van der Waals surface area contributed by atoms with Crippen LogP contribution in [0.2, 0.25) is 5.02 Å². The van der Waals surface area contributed by atoms with Crippen LogP contribution in [0.4, 0.5) is 0 Å². The average Bonchev–Trinajstić information content (AvgIpc) is 2.94. The van der Waals surface area contributed by atoms with Gasteiger partial charge in [0.15, 0.2) is 0 Å². The predicted octanol–water partition coefficient (Wildman–Crippen LogP) is 2.94. The normalized spacial score (nSPS) is 12.0. The second kappa shape index (κ2) is 6.89. The Balaban J connectivity index is 2.24. The van der Waals surface area contributed by atoms with Crippen molar-refractivity contribution in [1.82, 2.24) is 9.62 Å². The van der Waals surface area contributed by atoms with E-state index in [0.29, 0.717) is 18.1 Å². The molecule has 0 aliphatic heterocycles. The second-order valence-corrected chi connectivity index (χ2v) is 8.11. The maximum Gasteiger partial charge on any atom is 0.243 e. The van der Waals surface area contributed by atoms with Crippen LogP contribution in [0.15, 0.2) is 40.6 Å². The lowest BCUT2D eigenvalue weighted by molar-refractivity contribution is 0.469. The molecule has 114 valence electrons. The number of nitrogens with zero attached hydrogens (tertiary/aromatic N) is 1. The molecule has 1 aromatic heterocycles. The van der Waals surface area contributed by atoms with Crippen LogP contribution in [0.5, 0.6) is 0 Å². The molecule has 0 aliphatic carbocycles. The molecule has 0 unspecified atom stereocenters. The van der Waals surface area contributed by atoms with E-state index in [1.165, 1.54) is 21.7 Å². The molecule has 0 amide bonds. The molecule has 1 aromatic carbocycles. The van der Waals surface area contributed by atoms with Crippen molar-refractivity contribution in [2.24, 2.45) is 0 Å². The first kappa shape index (κ1) is 16.5. The van der Waals surface area contributed by atoms with Gasteiger partial charge in [0.2, 0.25) is 10.0 Å². The van der Waals surface area contributed by atoms with Crippen LogP contribution in [0, 0.1) is 0 Å². The van der Waals surface area contributed by atoms with Gasteiger partial charge in [0.05, 0.1) is 4.90 Å². The smallest absolute Gasteiger partial charge is 0.243 e. The third kappa shape index (κ3) is 3.84. The quantitative estimate of drug-likeness (QED) is 0.876. The minimum absolute atomic E-state index is 0.214.